The molecule has 1 N–H and O–H groups in total. The number of fused-ring (bicyclic) bond motifs is 2. The number of halogens is 1. The monoisotopic (exact) mass is 417 g/mol. The predicted molar refractivity (Wildman–Crippen MR) is 104 cm³/mol. The zero-order valence-electron chi connectivity index (χ0n) is 14.4. The topological polar surface area (TPSA) is 103 Å². The van der Waals surface area contributed by atoms with Gasteiger partial charge in [0.2, 0.25) is 5.91 Å². The number of esters is 1. The first-order chi connectivity index (χ1) is 13.4. The number of carbonyl (C=O) groups excluding carboxylic acids is 2. The zero-order valence-corrected chi connectivity index (χ0v) is 16.0. The summed E-state index contributed by atoms with van der Waals surface area (Å²) in [5, 5.41) is 5.03. The van der Waals surface area contributed by atoms with Crippen LogP contribution in [-0.2, 0) is 16.1 Å². The number of amides is 1. The van der Waals surface area contributed by atoms with Crippen molar-refractivity contribution in [3.63, 3.8) is 0 Å². The van der Waals surface area contributed by atoms with Gasteiger partial charge < -0.3 is 14.5 Å². The summed E-state index contributed by atoms with van der Waals surface area (Å²) < 4.78 is 12.1. The molecule has 0 unspecified atom stereocenters. The van der Waals surface area contributed by atoms with Crippen molar-refractivity contribution in [3.8, 4) is 0 Å². The lowest BCUT2D eigenvalue weighted by molar-refractivity contribution is -0.114. The molecule has 0 saturated heterocycles. The minimum Gasteiger partial charge on any atom is -0.456 e. The standard InChI is InChI=1S/C18H12ClN3O5S/c1-9(23)20-11-2-3-12-10(6-14(24)27-13(12)7-11)8-26-17(25)15-16(19)21-18-22(15)4-5-28-18/h2-7H,8H2,1H3,(H,20,23). The Morgan fingerprint density at radius 1 is 1.36 bits per heavy atom. The molecule has 1 amide bonds. The third-order valence-electron chi connectivity index (χ3n) is 3.92. The van der Waals surface area contributed by atoms with Crippen molar-refractivity contribution >= 4 is 56.4 Å². The van der Waals surface area contributed by atoms with E-state index < -0.39 is 11.6 Å². The second-order valence-electron chi connectivity index (χ2n) is 5.87. The largest absolute Gasteiger partial charge is 0.456 e. The Hall–Kier alpha value is -3.17. The number of benzene rings is 1. The van der Waals surface area contributed by atoms with Crippen LogP contribution in [0, 0.1) is 0 Å². The molecular weight excluding hydrogens is 406 g/mol. The summed E-state index contributed by atoms with van der Waals surface area (Å²) in [6, 6.07) is 6.13. The van der Waals surface area contributed by atoms with E-state index in [1.807, 2.05) is 0 Å². The van der Waals surface area contributed by atoms with Crippen molar-refractivity contribution in [3.05, 3.63) is 62.7 Å². The summed E-state index contributed by atoms with van der Waals surface area (Å²) >= 11 is 7.38. The summed E-state index contributed by atoms with van der Waals surface area (Å²) in [5.41, 5.74) is 0.756. The maximum absolute atomic E-state index is 12.5. The summed E-state index contributed by atoms with van der Waals surface area (Å²) in [5.74, 6) is -0.906. The van der Waals surface area contributed by atoms with Crippen LogP contribution in [0.15, 0.2) is 45.1 Å². The van der Waals surface area contributed by atoms with Gasteiger partial charge in [0.15, 0.2) is 15.8 Å². The van der Waals surface area contributed by atoms with Gasteiger partial charge in [-0.25, -0.2) is 14.6 Å². The fourth-order valence-corrected chi connectivity index (χ4v) is 3.80. The SMILES string of the molecule is CC(=O)Nc1ccc2c(COC(=O)c3c(Cl)nc4sccn34)cc(=O)oc2c1. The number of hydrogen-bond acceptors (Lipinski definition) is 7. The molecule has 3 aromatic heterocycles. The first kappa shape index (κ1) is 18.2. The van der Waals surface area contributed by atoms with Gasteiger partial charge in [0.05, 0.1) is 0 Å². The normalized spacial score (nSPS) is 11.1. The molecule has 0 aliphatic carbocycles. The van der Waals surface area contributed by atoms with Gasteiger partial charge in [0.1, 0.15) is 12.2 Å². The van der Waals surface area contributed by atoms with E-state index in [1.165, 1.54) is 30.4 Å². The van der Waals surface area contributed by atoms with E-state index in [9.17, 15) is 14.4 Å². The van der Waals surface area contributed by atoms with Crippen molar-refractivity contribution in [1.82, 2.24) is 9.38 Å². The van der Waals surface area contributed by atoms with E-state index in [2.05, 4.69) is 10.3 Å². The number of carbonyl (C=O) groups is 2. The average molecular weight is 418 g/mol. The number of ether oxygens (including phenoxy) is 1. The lowest BCUT2D eigenvalue weighted by Gasteiger charge is -2.08. The van der Waals surface area contributed by atoms with Crippen LogP contribution in [-0.4, -0.2) is 21.3 Å². The second-order valence-corrected chi connectivity index (χ2v) is 7.10. The molecule has 0 saturated carbocycles. The highest BCUT2D eigenvalue weighted by Crippen LogP contribution is 2.24. The molecule has 0 bridgehead atoms. The lowest BCUT2D eigenvalue weighted by Crippen LogP contribution is -2.10. The van der Waals surface area contributed by atoms with E-state index in [4.69, 9.17) is 20.8 Å². The molecule has 28 heavy (non-hydrogen) atoms. The van der Waals surface area contributed by atoms with Gasteiger partial charge in [-0.2, -0.15) is 0 Å². The molecule has 0 radical (unpaired) electrons. The molecule has 0 spiro atoms. The number of imidazole rings is 1. The fourth-order valence-electron chi connectivity index (χ4n) is 2.78. The molecule has 10 heteroatoms. The predicted octanol–water partition coefficient (Wildman–Crippen LogP) is 3.47. The Bertz CT molecular complexity index is 1290. The highest BCUT2D eigenvalue weighted by Gasteiger charge is 2.21. The minimum atomic E-state index is -0.660. The number of aromatic nitrogens is 2. The summed E-state index contributed by atoms with van der Waals surface area (Å²) in [4.78, 5) is 40.2. The highest BCUT2D eigenvalue weighted by molar-refractivity contribution is 7.15. The highest BCUT2D eigenvalue weighted by atomic mass is 35.5. The van der Waals surface area contributed by atoms with Crippen LogP contribution < -0.4 is 10.9 Å². The molecule has 1 aromatic carbocycles. The number of thiazole rings is 1. The van der Waals surface area contributed by atoms with E-state index in [0.29, 0.717) is 21.6 Å². The summed E-state index contributed by atoms with van der Waals surface area (Å²) in [6.07, 6.45) is 1.67. The quantitative estimate of drug-likeness (QED) is 0.403. The molecule has 3 heterocycles. The molecule has 0 atom stereocenters. The molecule has 0 aliphatic heterocycles. The molecular formula is C18H12ClN3O5S. The van der Waals surface area contributed by atoms with Crippen LogP contribution in [0.5, 0.6) is 0 Å². The summed E-state index contributed by atoms with van der Waals surface area (Å²) in [7, 11) is 0. The fraction of sp³-hybridized carbons (Fsp3) is 0.111. The third-order valence-corrected chi connectivity index (χ3v) is 4.94. The van der Waals surface area contributed by atoms with Gasteiger partial charge in [-0.05, 0) is 12.1 Å². The second kappa shape index (κ2) is 7.10. The van der Waals surface area contributed by atoms with Crippen molar-refractivity contribution in [1.29, 1.82) is 0 Å². The first-order valence-corrected chi connectivity index (χ1v) is 9.30. The van der Waals surface area contributed by atoms with Gasteiger partial charge >= 0.3 is 11.6 Å². The van der Waals surface area contributed by atoms with Crippen molar-refractivity contribution in [2.75, 3.05) is 5.32 Å². The first-order valence-electron chi connectivity index (χ1n) is 8.05. The maximum atomic E-state index is 12.5. The van der Waals surface area contributed by atoms with Gasteiger partial charge in [0.25, 0.3) is 0 Å². The van der Waals surface area contributed by atoms with Crippen LogP contribution in [0.4, 0.5) is 5.69 Å². The third kappa shape index (κ3) is 3.37. The molecule has 0 fully saturated rings. The number of nitrogens with one attached hydrogen (secondary N) is 1. The summed E-state index contributed by atoms with van der Waals surface area (Å²) in [6.45, 7) is 1.22. The van der Waals surface area contributed by atoms with Crippen LogP contribution in [0.25, 0.3) is 15.9 Å². The van der Waals surface area contributed by atoms with Crippen LogP contribution in [0.1, 0.15) is 23.0 Å². The van der Waals surface area contributed by atoms with Gasteiger partial charge in [0, 0.05) is 47.3 Å². The number of anilines is 1. The number of nitrogens with zero attached hydrogens (tertiary/aromatic N) is 2. The average Bonchev–Trinajstić information content (AvgIpc) is 3.18. The minimum absolute atomic E-state index is 0.0502. The zero-order chi connectivity index (χ0) is 19.8. The van der Waals surface area contributed by atoms with E-state index >= 15 is 0 Å². The Morgan fingerprint density at radius 3 is 2.96 bits per heavy atom. The van der Waals surface area contributed by atoms with Crippen LogP contribution in [0.2, 0.25) is 5.15 Å². The molecule has 142 valence electrons. The Balaban J connectivity index is 1.63. The van der Waals surface area contributed by atoms with Crippen molar-refractivity contribution in [2.45, 2.75) is 13.5 Å². The smallest absolute Gasteiger partial charge is 0.358 e. The Labute approximate surface area is 166 Å². The van der Waals surface area contributed by atoms with Crippen LogP contribution in [0.3, 0.4) is 0 Å². The number of hydrogen-bond donors (Lipinski definition) is 1. The Kier molecular flexibility index (Phi) is 4.62. The van der Waals surface area contributed by atoms with Gasteiger partial charge in [-0.15, -0.1) is 11.3 Å². The van der Waals surface area contributed by atoms with Gasteiger partial charge in [-0.3, -0.25) is 9.20 Å². The molecule has 8 nitrogen and oxygen atoms in total. The maximum Gasteiger partial charge on any atom is 0.358 e. The molecule has 0 aliphatic rings. The van der Waals surface area contributed by atoms with E-state index in [-0.39, 0.29) is 28.9 Å². The molecule has 4 aromatic rings. The van der Waals surface area contributed by atoms with E-state index in [0.717, 1.165) is 0 Å². The van der Waals surface area contributed by atoms with Crippen molar-refractivity contribution < 1.29 is 18.7 Å². The van der Waals surface area contributed by atoms with Crippen molar-refractivity contribution in [2.24, 2.45) is 0 Å². The lowest BCUT2D eigenvalue weighted by atomic mass is 10.1. The van der Waals surface area contributed by atoms with Gasteiger partial charge in [-0.1, -0.05) is 11.6 Å². The molecule has 4 rings (SSSR count). The Morgan fingerprint density at radius 2 is 2.18 bits per heavy atom. The number of rotatable bonds is 4. The van der Waals surface area contributed by atoms with Crippen LogP contribution >= 0.6 is 22.9 Å². The van der Waals surface area contributed by atoms with E-state index in [1.54, 1.807) is 28.1 Å².